The maximum absolute atomic E-state index is 12.0. The van der Waals surface area contributed by atoms with E-state index in [1.54, 1.807) is 0 Å². The summed E-state index contributed by atoms with van der Waals surface area (Å²) in [7, 11) is 0. The van der Waals surface area contributed by atoms with Crippen LogP contribution in [0.5, 0.6) is 0 Å². The molecule has 25 heavy (non-hydrogen) atoms. The summed E-state index contributed by atoms with van der Waals surface area (Å²) >= 11 is 0. The lowest BCUT2D eigenvalue weighted by Crippen LogP contribution is -2.38. The van der Waals surface area contributed by atoms with Gasteiger partial charge in [0, 0.05) is 38.6 Å². The summed E-state index contributed by atoms with van der Waals surface area (Å²) in [5, 5.41) is 5.94. The highest BCUT2D eigenvalue weighted by molar-refractivity contribution is 5.73. The third-order valence-corrected chi connectivity index (χ3v) is 4.61. The quantitative estimate of drug-likeness (QED) is 0.851. The van der Waals surface area contributed by atoms with Crippen LogP contribution < -0.4 is 10.6 Å². The summed E-state index contributed by atoms with van der Waals surface area (Å²) < 4.78 is 0. The lowest BCUT2D eigenvalue weighted by Gasteiger charge is -2.16. The largest absolute Gasteiger partial charge is 0.338 e. The van der Waals surface area contributed by atoms with Gasteiger partial charge in [0.1, 0.15) is 0 Å². The van der Waals surface area contributed by atoms with E-state index in [1.165, 1.54) is 11.1 Å². The van der Waals surface area contributed by atoms with Crippen LogP contribution in [0.15, 0.2) is 48.8 Å². The number of carbonyl (C=O) groups excluding carboxylic acids is 1. The van der Waals surface area contributed by atoms with Crippen molar-refractivity contribution in [2.45, 2.75) is 26.4 Å². The van der Waals surface area contributed by atoms with Crippen molar-refractivity contribution in [1.29, 1.82) is 0 Å². The lowest BCUT2D eigenvalue weighted by atomic mass is 10.1. The third kappa shape index (κ3) is 5.57. The molecule has 2 heterocycles. The van der Waals surface area contributed by atoms with E-state index in [1.807, 2.05) is 24.5 Å². The van der Waals surface area contributed by atoms with Crippen LogP contribution in [0.2, 0.25) is 0 Å². The van der Waals surface area contributed by atoms with Gasteiger partial charge in [0.15, 0.2) is 0 Å². The Bertz CT molecular complexity index is 689. The van der Waals surface area contributed by atoms with Gasteiger partial charge in [0.05, 0.1) is 0 Å². The lowest BCUT2D eigenvalue weighted by molar-refractivity contribution is 0.238. The average molecular weight is 338 g/mol. The number of nitrogens with zero attached hydrogens (tertiary/aromatic N) is 2. The number of amides is 2. The first-order valence-electron chi connectivity index (χ1n) is 8.87. The predicted octanol–water partition coefficient (Wildman–Crippen LogP) is 2.71. The SMILES string of the molecule is Cc1cccc(CNC(=O)NC[C@@H]2CCN(Cc3ccncc3)C2)c1. The zero-order valence-electron chi connectivity index (χ0n) is 14.7. The minimum absolute atomic E-state index is 0.0888. The van der Waals surface area contributed by atoms with Crippen LogP contribution in [0, 0.1) is 12.8 Å². The van der Waals surface area contributed by atoms with E-state index in [-0.39, 0.29) is 6.03 Å². The molecule has 1 aromatic heterocycles. The summed E-state index contributed by atoms with van der Waals surface area (Å²) in [5.74, 6) is 0.520. The molecule has 2 aromatic rings. The monoisotopic (exact) mass is 338 g/mol. The highest BCUT2D eigenvalue weighted by Gasteiger charge is 2.22. The number of nitrogens with one attached hydrogen (secondary N) is 2. The molecule has 0 aliphatic carbocycles. The number of rotatable bonds is 6. The molecule has 1 aromatic carbocycles. The minimum Gasteiger partial charge on any atom is -0.338 e. The van der Waals surface area contributed by atoms with E-state index in [4.69, 9.17) is 0 Å². The number of aryl methyl sites for hydroxylation is 1. The summed E-state index contributed by atoms with van der Waals surface area (Å²) in [5.41, 5.74) is 3.62. The standard InChI is InChI=1S/C20H26N4O/c1-16-3-2-4-18(11-16)12-22-20(25)23-13-19-7-10-24(15-19)14-17-5-8-21-9-6-17/h2-6,8-9,11,19H,7,10,12-15H2,1H3,(H2,22,23,25)/t19-/m0/s1. The predicted molar refractivity (Wildman–Crippen MR) is 99.0 cm³/mol. The number of hydrogen-bond donors (Lipinski definition) is 2. The van der Waals surface area contributed by atoms with E-state index in [0.29, 0.717) is 12.5 Å². The van der Waals surface area contributed by atoms with Gasteiger partial charge in [-0.05, 0) is 49.1 Å². The molecule has 1 aliphatic heterocycles. The number of urea groups is 1. The van der Waals surface area contributed by atoms with Crippen molar-refractivity contribution < 1.29 is 4.79 Å². The van der Waals surface area contributed by atoms with E-state index in [0.717, 1.165) is 38.2 Å². The van der Waals surface area contributed by atoms with Gasteiger partial charge < -0.3 is 10.6 Å². The summed E-state index contributed by atoms with van der Waals surface area (Å²) in [6.45, 7) is 6.42. The first-order valence-corrected chi connectivity index (χ1v) is 8.87. The Labute approximate surface area is 149 Å². The van der Waals surface area contributed by atoms with Crippen LogP contribution in [-0.2, 0) is 13.1 Å². The molecule has 5 heteroatoms. The van der Waals surface area contributed by atoms with Crippen molar-refractivity contribution in [3.63, 3.8) is 0 Å². The molecule has 0 bridgehead atoms. The normalized spacial score (nSPS) is 17.4. The molecular formula is C20H26N4O. The van der Waals surface area contributed by atoms with E-state index < -0.39 is 0 Å². The molecule has 1 aliphatic rings. The molecule has 2 N–H and O–H groups in total. The van der Waals surface area contributed by atoms with Crippen molar-refractivity contribution in [2.24, 2.45) is 5.92 Å². The smallest absolute Gasteiger partial charge is 0.315 e. The topological polar surface area (TPSA) is 57.3 Å². The Hall–Kier alpha value is -2.40. The van der Waals surface area contributed by atoms with Crippen molar-refractivity contribution in [1.82, 2.24) is 20.5 Å². The second-order valence-corrected chi connectivity index (χ2v) is 6.80. The maximum Gasteiger partial charge on any atom is 0.315 e. The Morgan fingerprint density at radius 2 is 2.04 bits per heavy atom. The number of pyridine rings is 1. The van der Waals surface area contributed by atoms with Gasteiger partial charge in [0.2, 0.25) is 0 Å². The highest BCUT2D eigenvalue weighted by atomic mass is 16.2. The first kappa shape index (κ1) is 17.4. The Morgan fingerprint density at radius 3 is 2.84 bits per heavy atom. The molecule has 132 valence electrons. The fourth-order valence-corrected chi connectivity index (χ4v) is 3.27. The van der Waals surface area contributed by atoms with Gasteiger partial charge in [-0.2, -0.15) is 0 Å². The van der Waals surface area contributed by atoms with Crippen LogP contribution >= 0.6 is 0 Å². The van der Waals surface area contributed by atoms with Crippen molar-refractivity contribution in [3.05, 3.63) is 65.5 Å². The van der Waals surface area contributed by atoms with E-state index in [9.17, 15) is 4.79 Å². The Kier molecular flexibility index (Phi) is 6.01. The van der Waals surface area contributed by atoms with Crippen LogP contribution in [0.4, 0.5) is 4.79 Å². The summed E-state index contributed by atoms with van der Waals surface area (Å²) in [4.78, 5) is 18.5. The number of benzene rings is 1. The van der Waals surface area contributed by atoms with Crippen LogP contribution in [0.3, 0.4) is 0 Å². The number of hydrogen-bond acceptors (Lipinski definition) is 3. The number of likely N-dealkylation sites (tertiary alicyclic amines) is 1. The minimum atomic E-state index is -0.0888. The van der Waals surface area contributed by atoms with Crippen LogP contribution in [-0.4, -0.2) is 35.5 Å². The zero-order valence-corrected chi connectivity index (χ0v) is 14.7. The van der Waals surface area contributed by atoms with Gasteiger partial charge in [-0.25, -0.2) is 4.79 Å². The zero-order chi connectivity index (χ0) is 17.5. The fraction of sp³-hybridized carbons (Fsp3) is 0.400. The number of carbonyl (C=O) groups is 1. The van der Waals surface area contributed by atoms with Gasteiger partial charge in [-0.15, -0.1) is 0 Å². The molecule has 0 spiro atoms. The summed E-state index contributed by atoms with van der Waals surface area (Å²) in [6, 6.07) is 12.2. The van der Waals surface area contributed by atoms with Gasteiger partial charge >= 0.3 is 6.03 Å². The van der Waals surface area contributed by atoms with E-state index >= 15 is 0 Å². The van der Waals surface area contributed by atoms with Crippen LogP contribution in [0.1, 0.15) is 23.1 Å². The molecule has 3 rings (SSSR count). The second kappa shape index (κ2) is 8.62. The van der Waals surface area contributed by atoms with E-state index in [2.05, 4.69) is 51.7 Å². The molecule has 1 saturated heterocycles. The molecule has 0 radical (unpaired) electrons. The van der Waals surface area contributed by atoms with Crippen LogP contribution in [0.25, 0.3) is 0 Å². The molecule has 0 saturated carbocycles. The van der Waals surface area contributed by atoms with Crippen molar-refractivity contribution in [3.8, 4) is 0 Å². The van der Waals surface area contributed by atoms with Gasteiger partial charge in [-0.1, -0.05) is 29.8 Å². The summed E-state index contributed by atoms with van der Waals surface area (Å²) in [6.07, 6.45) is 4.80. The third-order valence-electron chi connectivity index (χ3n) is 4.61. The molecule has 0 unspecified atom stereocenters. The highest BCUT2D eigenvalue weighted by Crippen LogP contribution is 2.17. The Morgan fingerprint density at radius 1 is 1.20 bits per heavy atom. The fourth-order valence-electron chi connectivity index (χ4n) is 3.27. The molecule has 1 fully saturated rings. The first-order chi connectivity index (χ1) is 12.2. The maximum atomic E-state index is 12.0. The second-order valence-electron chi connectivity index (χ2n) is 6.80. The average Bonchev–Trinajstić information content (AvgIpc) is 3.06. The van der Waals surface area contributed by atoms with Gasteiger partial charge in [0.25, 0.3) is 0 Å². The van der Waals surface area contributed by atoms with Crippen molar-refractivity contribution >= 4 is 6.03 Å². The Balaban J connectivity index is 1.35. The van der Waals surface area contributed by atoms with Gasteiger partial charge in [-0.3, -0.25) is 9.88 Å². The molecule has 2 amide bonds. The molecular weight excluding hydrogens is 312 g/mol. The number of aromatic nitrogens is 1. The molecule has 5 nitrogen and oxygen atoms in total. The van der Waals surface area contributed by atoms with Crippen molar-refractivity contribution in [2.75, 3.05) is 19.6 Å². The molecule has 1 atom stereocenters.